The highest BCUT2D eigenvalue weighted by atomic mass is 35.5. The Balaban J connectivity index is 1.71. The van der Waals surface area contributed by atoms with Crippen LogP contribution in [0.1, 0.15) is 54.6 Å². The van der Waals surface area contributed by atoms with E-state index in [1.807, 2.05) is 20.8 Å². The smallest absolute Gasteiger partial charge is 0.335 e. The standard InChI is InChI=1S/C30H30ClFN4O6/c1-29(2,3)12-21-30(16-13-33-22(37)11-19(16)35-28(30)41)23(15-6-5-7-17(31)24(15)32)25(36-21)26(38)34-18-9-8-14(27(39)40)10-20(18)42-4/h5-11,13,21,23,25,36H,12H2,1-4H3,(H,33,37)(H,34,38)(H,35,41)(H,39,40)/t21-,23-,25+,30+/m0/s1. The van der Waals surface area contributed by atoms with Gasteiger partial charge >= 0.3 is 5.97 Å². The fourth-order valence-corrected chi connectivity index (χ4v) is 6.41. The molecule has 10 nitrogen and oxygen atoms in total. The lowest BCUT2D eigenvalue weighted by Crippen LogP contribution is -2.49. The molecule has 3 heterocycles. The van der Waals surface area contributed by atoms with Crippen molar-refractivity contribution in [1.29, 1.82) is 0 Å². The van der Waals surface area contributed by atoms with Crippen molar-refractivity contribution in [3.63, 3.8) is 0 Å². The van der Waals surface area contributed by atoms with E-state index < -0.39 is 52.6 Å². The van der Waals surface area contributed by atoms with Gasteiger partial charge in [0, 0.05) is 29.8 Å². The summed E-state index contributed by atoms with van der Waals surface area (Å²) >= 11 is 6.22. The molecule has 0 radical (unpaired) electrons. The van der Waals surface area contributed by atoms with Crippen molar-refractivity contribution in [3.8, 4) is 5.75 Å². The number of carbonyl (C=O) groups is 3. The minimum atomic E-state index is -1.52. The Kier molecular flexibility index (Phi) is 7.36. The highest BCUT2D eigenvalue weighted by Crippen LogP contribution is 2.56. The third-order valence-electron chi connectivity index (χ3n) is 7.87. The lowest BCUT2D eigenvalue weighted by molar-refractivity contribution is -0.122. The molecule has 220 valence electrons. The van der Waals surface area contributed by atoms with E-state index in [4.69, 9.17) is 16.3 Å². The molecular formula is C30H30ClFN4O6. The van der Waals surface area contributed by atoms with Crippen molar-refractivity contribution in [2.24, 2.45) is 5.41 Å². The maximum atomic E-state index is 15.9. The van der Waals surface area contributed by atoms with E-state index in [2.05, 4.69) is 20.9 Å². The number of H-pyrrole nitrogens is 1. The molecule has 1 fully saturated rings. The van der Waals surface area contributed by atoms with E-state index in [-0.39, 0.29) is 38.7 Å². The second kappa shape index (κ2) is 10.6. The van der Waals surface area contributed by atoms with Crippen molar-refractivity contribution in [1.82, 2.24) is 10.3 Å². The largest absolute Gasteiger partial charge is 0.495 e. The summed E-state index contributed by atoms with van der Waals surface area (Å²) in [5, 5.41) is 18.1. The van der Waals surface area contributed by atoms with Gasteiger partial charge in [-0.05, 0) is 41.7 Å². The Bertz CT molecular complexity index is 1670. The second-order valence-electron chi connectivity index (χ2n) is 11.7. The number of aromatic carboxylic acids is 1. The minimum Gasteiger partial charge on any atom is -0.495 e. The van der Waals surface area contributed by atoms with Gasteiger partial charge in [-0.1, -0.05) is 44.5 Å². The number of aromatic amines is 1. The van der Waals surface area contributed by atoms with E-state index in [0.717, 1.165) is 0 Å². The van der Waals surface area contributed by atoms with Gasteiger partial charge in [0.2, 0.25) is 17.4 Å². The Morgan fingerprint density at radius 3 is 2.57 bits per heavy atom. The number of methoxy groups -OCH3 is 1. The molecule has 0 unspecified atom stereocenters. The first-order chi connectivity index (χ1) is 19.8. The number of benzene rings is 2. The van der Waals surface area contributed by atoms with Crippen LogP contribution in [0.5, 0.6) is 5.75 Å². The third kappa shape index (κ3) is 4.82. The maximum Gasteiger partial charge on any atom is 0.335 e. The van der Waals surface area contributed by atoms with Gasteiger partial charge in [0.05, 0.1) is 35.1 Å². The number of carboxylic acid groups (broad SMARTS) is 1. The molecule has 0 aliphatic carbocycles. The number of ether oxygens (including phenoxy) is 1. The molecule has 1 spiro atoms. The lowest BCUT2D eigenvalue weighted by atomic mass is 9.62. The van der Waals surface area contributed by atoms with Crippen molar-refractivity contribution < 1.29 is 28.6 Å². The SMILES string of the molecule is COc1cc(C(=O)O)ccc1NC(=O)[C@@H]1N[C@@H](CC(C)(C)C)[C@@]2(C(=O)Nc3cc(=O)[nH]cc32)[C@H]1c1cccc(Cl)c1F. The van der Waals surface area contributed by atoms with Crippen molar-refractivity contribution in [2.45, 2.75) is 50.6 Å². The van der Waals surface area contributed by atoms with Gasteiger partial charge in [-0.25, -0.2) is 9.18 Å². The summed E-state index contributed by atoms with van der Waals surface area (Å²) in [4.78, 5) is 54.5. The fraction of sp³-hybridized carbons (Fsp3) is 0.333. The summed E-state index contributed by atoms with van der Waals surface area (Å²) in [7, 11) is 1.34. The van der Waals surface area contributed by atoms with E-state index in [1.54, 1.807) is 6.07 Å². The fourth-order valence-electron chi connectivity index (χ4n) is 6.23. The predicted octanol–water partition coefficient (Wildman–Crippen LogP) is 4.26. The monoisotopic (exact) mass is 596 g/mol. The number of fused-ring (bicyclic) bond motifs is 2. The summed E-state index contributed by atoms with van der Waals surface area (Å²) in [6, 6.07) is 7.83. The molecule has 12 heteroatoms. The average molecular weight is 597 g/mol. The number of rotatable bonds is 6. The summed E-state index contributed by atoms with van der Waals surface area (Å²) in [6.07, 6.45) is 1.84. The zero-order chi connectivity index (χ0) is 30.6. The number of carboxylic acids is 1. The number of halogens is 2. The predicted molar refractivity (Wildman–Crippen MR) is 155 cm³/mol. The summed E-state index contributed by atoms with van der Waals surface area (Å²) in [6.45, 7) is 5.96. The summed E-state index contributed by atoms with van der Waals surface area (Å²) in [5.41, 5.74) is -1.38. The van der Waals surface area contributed by atoms with Crippen LogP contribution in [0.15, 0.2) is 53.5 Å². The van der Waals surface area contributed by atoms with Crippen molar-refractivity contribution in [3.05, 3.63) is 86.5 Å². The number of carbonyl (C=O) groups excluding carboxylic acids is 2. The molecule has 2 aliphatic rings. The van der Waals surface area contributed by atoms with Crippen LogP contribution in [0.4, 0.5) is 15.8 Å². The van der Waals surface area contributed by atoms with Crippen LogP contribution < -0.4 is 26.2 Å². The number of amides is 2. The second-order valence-corrected chi connectivity index (χ2v) is 12.1. The van der Waals surface area contributed by atoms with Gasteiger partial charge in [0.25, 0.3) is 0 Å². The average Bonchev–Trinajstić information content (AvgIpc) is 3.39. The first-order valence-electron chi connectivity index (χ1n) is 13.2. The number of anilines is 2. The number of hydrogen-bond donors (Lipinski definition) is 5. The maximum absolute atomic E-state index is 15.9. The normalized spacial score (nSPS) is 23.0. The van der Waals surface area contributed by atoms with Gasteiger partial charge < -0.3 is 30.8 Å². The van der Waals surface area contributed by atoms with Crippen molar-refractivity contribution in [2.75, 3.05) is 17.7 Å². The van der Waals surface area contributed by atoms with Gasteiger partial charge in [0.1, 0.15) is 17.0 Å². The first-order valence-corrected chi connectivity index (χ1v) is 13.6. The molecular weight excluding hydrogens is 567 g/mol. The van der Waals surface area contributed by atoms with Gasteiger partial charge in [-0.15, -0.1) is 0 Å². The summed E-state index contributed by atoms with van der Waals surface area (Å²) in [5.74, 6) is -4.04. The van der Waals surface area contributed by atoms with E-state index in [0.29, 0.717) is 12.0 Å². The van der Waals surface area contributed by atoms with Crippen molar-refractivity contribution >= 4 is 40.8 Å². The number of nitrogens with one attached hydrogen (secondary N) is 4. The van der Waals surface area contributed by atoms with Crippen LogP contribution in [0.25, 0.3) is 0 Å². The highest BCUT2D eigenvalue weighted by Gasteiger charge is 2.66. The van der Waals surface area contributed by atoms with Crippen LogP contribution in [-0.4, -0.2) is 47.1 Å². The number of hydrogen-bond acceptors (Lipinski definition) is 6. The quantitative estimate of drug-likeness (QED) is 0.285. The zero-order valence-electron chi connectivity index (χ0n) is 23.3. The third-order valence-corrected chi connectivity index (χ3v) is 8.16. The molecule has 5 N–H and O–H groups in total. The first kappa shape index (κ1) is 29.3. The molecule has 4 atom stereocenters. The zero-order valence-corrected chi connectivity index (χ0v) is 24.1. The van der Waals surface area contributed by atoms with Gasteiger partial charge in [-0.3, -0.25) is 14.4 Å². The van der Waals surface area contributed by atoms with Crippen LogP contribution >= 0.6 is 11.6 Å². The van der Waals surface area contributed by atoms with Gasteiger partial charge in [-0.2, -0.15) is 0 Å². The number of pyridine rings is 1. The molecule has 0 bridgehead atoms. The molecule has 5 rings (SSSR count). The Hall–Kier alpha value is -4.22. The highest BCUT2D eigenvalue weighted by molar-refractivity contribution is 6.30. The molecule has 2 amide bonds. The van der Waals surface area contributed by atoms with Crippen LogP contribution in [0.3, 0.4) is 0 Å². The van der Waals surface area contributed by atoms with Crippen LogP contribution in [-0.2, 0) is 15.0 Å². The molecule has 1 aromatic heterocycles. The number of aromatic nitrogens is 1. The molecule has 42 heavy (non-hydrogen) atoms. The molecule has 3 aromatic rings. The topological polar surface area (TPSA) is 150 Å². The Morgan fingerprint density at radius 2 is 1.90 bits per heavy atom. The molecule has 0 saturated carbocycles. The van der Waals surface area contributed by atoms with E-state index in [1.165, 1.54) is 49.7 Å². The molecule has 2 aliphatic heterocycles. The van der Waals surface area contributed by atoms with E-state index >= 15 is 4.39 Å². The summed E-state index contributed by atoms with van der Waals surface area (Å²) < 4.78 is 21.2. The Morgan fingerprint density at radius 1 is 1.17 bits per heavy atom. The minimum absolute atomic E-state index is 0.0415. The van der Waals surface area contributed by atoms with Crippen LogP contribution in [0, 0.1) is 11.2 Å². The molecule has 1 saturated heterocycles. The van der Waals surface area contributed by atoms with Gasteiger partial charge in [0.15, 0.2) is 0 Å². The van der Waals surface area contributed by atoms with Crippen LogP contribution in [0.2, 0.25) is 5.02 Å². The van der Waals surface area contributed by atoms with E-state index in [9.17, 15) is 24.3 Å². The lowest BCUT2D eigenvalue weighted by Gasteiger charge is -2.37. The molecule has 2 aromatic carbocycles. The Labute approximate surface area is 245 Å².